The van der Waals surface area contributed by atoms with Crippen LogP contribution in [0.4, 0.5) is 11.4 Å². The zero-order valence-electron chi connectivity index (χ0n) is 10.1. The van der Waals surface area contributed by atoms with Gasteiger partial charge in [-0.2, -0.15) is 0 Å². The van der Waals surface area contributed by atoms with Crippen LogP contribution in [-0.2, 0) is 0 Å². The first kappa shape index (κ1) is 13.5. The first-order valence-electron chi connectivity index (χ1n) is 5.70. The van der Waals surface area contributed by atoms with Crippen LogP contribution in [0.3, 0.4) is 0 Å². The zero-order chi connectivity index (χ0) is 13.1. The molecule has 0 bridgehead atoms. The number of hydrogen-bond donors (Lipinski definition) is 1. The predicted octanol–water partition coefficient (Wildman–Crippen LogP) is 1.77. The van der Waals surface area contributed by atoms with E-state index in [0.29, 0.717) is 5.69 Å². The van der Waals surface area contributed by atoms with Gasteiger partial charge >= 0.3 is 0 Å². The Kier molecular flexibility index (Phi) is 4.36. The van der Waals surface area contributed by atoms with Crippen molar-refractivity contribution in [2.45, 2.75) is 0 Å². The molecule has 0 unspecified atom stereocenters. The maximum Gasteiger partial charge on any atom is 0.294 e. The standard InChI is InChI=1S/C11H15IN4O2/c1-14-4-6-15(7-5-14)13-10-3-2-9(12)8-11(10)16(17)18/h2-3,8,13H,4-7H2,1H3. The number of hydrogen-bond acceptors (Lipinski definition) is 5. The first-order chi connectivity index (χ1) is 8.56. The summed E-state index contributed by atoms with van der Waals surface area (Å²) in [7, 11) is 2.07. The van der Waals surface area contributed by atoms with E-state index in [4.69, 9.17) is 0 Å². The Balaban J connectivity index is 2.11. The fraction of sp³-hybridized carbons (Fsp3) is 0.455. The van der Waals surface area contributed by atoms with E-state index in [0.717, 1.165) is 29.7 Å². The van der Waals surface area contributed by atoms with Crippen LogP contribution in [0.1, 0.15) is 0 Å². The van der Waals surface area contributed by atoms with Crippen LogP contribution in [0, 0.1) is 13.7 Å². The average Bonchev–Trinajstić information content (AvgIpc) is 2.34. The number of halogens is 1. The highest BCUT2D eigenvalue weighted by molar-refractivity contribution is 14.1. The predicted molar refractivity (Wildman–Crippen MR) is 78.5 cm³/mol. The highest BCUT2D eigenvalue weighted by Crippen LogP contribution is 2.26. The summed E-state index contributed by atoms with van der Waals surface area (Å²) < 4.78 is 0.864. The molecule has 1 aromatic rings. The molecule has 0 saturated carbocycles. The molecule has 1 aromatic carbocycles. The summed E-state index contributed by atoms with van der Waals surface area (Å²) in [6, 6.07) is 5.21. The number of nitro groups is 1. The van der Waals surface area contributed by atoms with E-state index in [1.54, 1.807) is 12.1 Å². The Hall–Kier alpha value is -0.930. The third kappa shape index (κ3) is 3.30. The molecule has 1 heterocycles. The molecule has 0 amide bonds. The van der Waals surface area contributed by atoms with Crippen LogP contribution in [0.2, 0.25) is 0 Å². The summed E-state index contributed by atoms with van der Waals surface area (Å²) in [5.74, 6) is 0. The number of nitrogens with zero attached hydrogens (tertiary/aromatic N) is 3. The van der Waals surface area contributed by atoms with Gasteiger partial charge in [0.1, 0.15) is 5.69 Å². The van der Waals surface area contributed by atoms with E-state index in [-0.39, 0.29) is 10.6 Å². The largest absolute Gasteiger partial charge is 0.313 e. The lowest BCUT2D eigenvalue weighted by atomic mass is 10.3. The maximum atomic E-state index is 11.0. The molecule has 0 atom stereocenters. The second-order valence-electron chi connectivity index (χ2n) is 4.32. The summed E-state index contributed by atoms with van der Waals surface area (Å²) in [4.78, 5) is 12.9. The summed E-state index contributed by atoms with van der Waals surface area (Å²) >= 11 is 2.08. The van der Waals surface area contributed by atoms with Crippen molar-refractivity contribution in [3.8, 4) is 0 Å². The molecule has 7 heteroatoms. The minimum absolute atomic E-state index is 0.126. The smallest absolute Gasteiger partial charge is 0.294 e. The fourth-order valence-corrected chi connectivity index (χ4v) is 2.31. The number of piperazine rings is 1. The van der Waals surface area contributed by atoms with Crippen LogP contribution in [0.15, 0.2) is 18.2 Å². The number of nitro benzene ring substituents is 1. The second-order valence-corrected chi connectivity index (χ2v) is 5.57. The van der Waals surface area contributed by atoms with Gasteiger partial charge in [-0.05, 0) is 41.8 Å². The lowest BCUT2D eigenvalue weighted by molar-refractivity contribution is -0.384. The van der Waals surface area contributed by atoms with E-state index in [1.807, 2.05) is 11.1 Å². The van der Waals surface area contributed by atoms with Crippen LogP contribution >= 0.6 is 22.6 Å². The van der Waals surface area contributed by atoms with Gasteiger partial charge in [-0.1, -0.05) is 0 Å². The van der Waals surface area contributed by atoms with E-state index in [2.05, 4.69) is 40.0 Å². The Bertz CT molecular complexity index is 447. The normalized spacial score (nSPS) is 17.7. The van der Waals surface area contributed by atoms with E-state index in [9.17, 15) is 10.1 Å². The molecule has 1 aliphatic rings. The number of benzene rings is 1. The zero-order valence-corrected chi connectivity index (χ0v) is 12.3. The summed E-state index contributed by atoms with van der Waals surface area (Å²) in [6.45, 7) is 3.65. The van der Waals surface area contributed by atoms with Gasteiger partial charge in [-0.15, -0.1) is 0 Å². The van der Waals surface area contributed by atoms with Crippen molar-refractivity contribution < 1.29 is 4.92 Å². The molecule has 0 aromatic heterocycles. The first-order valence-corrected chi connectivity index (χ1v) is 6.78. The molecule has 2 rings (SSSR count). The Morgan fingerprint density at radius 3 is 2.61 bits per heavy atom. The SMILES string of the molecule is CN1CCN(Nc2ccc(I)cc2[N+](=O)[O-])CC1. The maximum absolute atomic E-state index is 11.0. The number of nitrogens with one attached hydrogen (secondary N) is 1. The molecular formula is C11H15IN4O2. The molecule has 1 N–H and O–H groups in total. The number of anilines is 1. The molecule has 1 aliphatic heterocycles. The lowest BCUT2D eigenvalue weighted by Gasteiger charge is -2.32. The Labute approximate surface area is 119 Å². The number of rotatable bonds is 3. The van der Waals surface area contributed by atoms with Gasteiger partial charge in [0.05, 0.1) is 4.92 Å². The molecule has 1 fully saturated rings. The van der Waals surface area contributed by atoms with Gasteiger partial charge in [0.25, 0.3) is 5.69 Å². The highest BCUT2D eigenvalue weighted by Gasteiger charge is 2.19. The molecule has 6 nitrogen and oxygen atoms in total. The van der Waals surface area contributed by atoms with Crippen molar-refractivity contribution in [3.05, 3.63) is 31.9 Å². The summed E-state index contributed by atoms with van der Waals surface area (Å²) in [5, 5.41) is 13.0. The topological polar surface area (TPSA) is 61.6 Å². The summed E-state index contributed by atoms with van der Waals surface area (Å²) in [5.41, 5.74) is 3.83. The molecule has 0 aliphatic carbocycles. The van der Waals surface area contributed by atoms with Gasteiger partial charge in [0.2, 0.25) is 0 Å². The Morgan fingerprint density at radius 2 is 2.00 bits per heavy atom. The quantitative estimate of drug-likeness (QED) is 0.505. The van der Waals surface area contributed by atoms with E-state index >= 15 is 0 Å². The van der Waals surface area contributed by atoms with Crippen molar-refractivity contribution in [2.24, 2.45) is 0 Å². The monoisotopic (exact) mass is 362 g/mol. The molecule has 0 spiro atoms. The van der Waals surface area contributed by atoms with E-state index in [1.165, 1.54) is 0 Å². The van der Waals surface area contributed by atoms with Crippen molar-refractivity contribution in [2.75, 3.05) is 38.7 Å². The van der Waals surface area contributed by atoms with Crippen LogP contribution < -0.4 is 5.43 Å². The minimum atomic E-state index is -0.347. The molecule has 1 saturated heterocycles. The van der Waals surface area contributed by atoms with Gasteiger partial charge in [-0.3, -0.25) is 10.1 Å². The van der Waals surface area contributed by atoms with Crippen molar-refractivity contribution in [1.82, 2.24) is 9.91 Å². The third-order valence-corrected chi connectivity index (χ3v) is 3.61. The third-order valence-electron chi connectivity index (χ3n) is 2.94. The molecule has 18 heavy (non-hydrogen) atoms. The van der Waals surface area contributed by atoms with Gasteiger partial charge in [-0.25, -0.2) is 5.01 Å². The van der Waals surface area contributed by atoms with Crippen molar-refractivity contribution >= 4 is 34.0 Å². The highest BCUT2D eigenvalue weighted by atomic mass is 127. The number of likely N-dealkylation sites (N-methyl/N-ethyl adjacent to an activating group) is 1. The molecule has 98 valence electrons. The second kappa shape index (κ2) is 5.81. The summed E-state index contributed by atoms with van der Waals surface area (Å²) in [6.07, 6.45) is 0. The molecule has 0 radical (unpaired) electrons. The minimum Gasteiger partial charge on any atom is -0.313 e. The average molecular weight is 362 g/mol. The lowest BCUT2D eigenvalue weighted by Crippen LogP contribution is -2.47. The van der Waals surface area contributed by atoms with E-state index < -0.39 is 0 Å². The van der Waals surface area contributed by atoms with Crippen LogP contribution in [-0.4, -0.2) is 48.1 Å². The van der Waals surface area contributed by atoms with Gasteiger partial charge in [0.15, 0.2) is 0 Å². The van der Waals surface area contributed by atoms with Gasteiger partial charge < -0.3 is 10.3 Å². The van der Waals surface area contributed by atoms with Crippen molar-refractivity contribution in [3.63, 3.8) is 0 Å². The van der Waals surface area contributed by atoms with Crippen LogP contribution in [0.5, 0.6) is 0 Å². The van der Waals surface area contributed by atoms with Crippen LogP contribution in [0.25, 0.3) is 0 Å². The fourth-order valence-electron chi connectivity index (χ4n) is 1.84. The van der Waals surface area contributed by atoms with Gasteiger partial charge in [0, 0.05) is 35.8 Å². The molecular weight excluding hydrogens is 347 g/mol. The Morgan fingerprint density at radius 1 is 1.33 bits per heavy atom. The number of hydrazine groups is 1. The van der Waals surface area contributed by atoms with Crippen molar-refractivity contribution in [1.29, 1.82) is 0 Å².